The Morgan fingerprint density at radius 2 is 2.31 bits per heavy atom. The van der Waals surface area contributed by atoms with Gasteiger partial charge in [-0.25, -0.2) is 0 Å². The van der Waals surface area contributed by atoms with Crippen LogP contribution in [-0.2, 0) is 0 Å². The van der Waals surface area contributed by atoms with Gasteiger partial charge >= 0.3 is 0 Å². The van der Waals surface area contributed by atoms with Crippen LogP contribution >= 0.6 is 0 Å². The van der Waals surface area contributed by atoms with Gasteiger partial charge < -0.3 is 14.2 Å². The Bertz CT molecular complexity index is 431. The third-order valence-corrected chi connectivity index (χ3v) is 2.23. The summed E-state index contributed by atoms with van der Waals surface area (Å²) in [5, 5.41) is 10.7. The first-order valence-corrected chi connectivity index (χ1v) is 4.77. The standard InChI is InChI=1S/C10H11NO5/c1-6-5-15-10-8(14-2)3-7(11(12)13)4-9(10)16-6/h3-4,6H,5H2,1-2H3. The molecule has 1 aromatic carbocycles. The lowest BCUT2D eigenvalue weighted by atomic mass is 10.2. The van der Waals surface area contributed by atoms with Crippen molar-refractivity contribution in [1.82, 2.24) is 0 Å². The van der Waals surface area contributed by atoms with Crippen LogP contribution in [0.15, 0.2) is 12.1 Å². The number of non-ortho nitro benzene ring substituents is 1. The van der Waals surface area contributed by atoms with Crippen molar-refractivity contribution >= 4 is 5.69 Å². The lowest BCUT2D eigenvalue weighted by molar-refractivity contribution is -0.385. The van der Waals surface area contributed by atoms with E-state index in [2.05, 4.69) is 0 Å². The van der Waals surface area contributed by atoms with Gasteiger partial charge in [0, 0.05) is 0 Å². The molecular formula is C10H11NO5. The van der Waals surface area contributed by atoms with Crippen molar-refractivity contribution in [3.63, 3.8) is 0 Å². The zero-order chi connectivity index (χ0) is 11.7. The number of rotatable bonds is 2. The summed E-state index contributed by atoms with van der Waals surface area (Å²) in [5.74, 6) is 1.09. The first-order chi connectivity index (χ1) is 7.61. The number of nitro groups is 1. The maximum atomic E-state index is 10.7. The molecule has 1 atom stereocenters. The number of nitrogens with zero attached hydrogens (tertiary/aromatic N) is 1. The molecule has 0 fully saturated rings. The van der Waals surface area contributed by atoms with Crippen molar-refractivity contribution in [2.45, 2.75) is 13.0 Å². The minimum atomic E-state index is -0.495. The second-order valence-electron chi connectivity index (χ2n) is 3.47. The summed E-state index contributed by atoms with van der Waals surface area (Å²) in [6.07, 6.45) is -0.126. The Balaban J connectivity index is 2.50. The van der Waals surface area contributed by atoms with Gasteiger partial charge in [-0.3, -0.25) is 10.1 Å². The van der Waals surface area contributed by atoms with E-state index in [9.17, 15) is 10.1 Å². The Hall–Kier alpha value is -1.98. The molecule has 0 saturated heterocycles. The Morgan fingerprint density at radius 1 is 1.56 bits per heavy atom. The van der Waals surface area contributed by atoms with Crippen LogP contribution in [0.1, 0.15) is 6.92 Å². The predicted octanol–water partition coefficient (Wildman–Crippen LogP) is 1.76. The van der Waals surface area contributed by atoms with Crippen LogP contribution in [0.3, 0.4) is 0 Å². The molecule has 1 aliphatic heterocycles. The molecule has 0 saturated carbocycles. The maximum absolute atomic E-state index is 10.7. The molecule has 1 aliphatic rings. The summed E-state index contributed by atoms with van der Waals surface area (Å²) in [4.78, 5) is 10.2. The number of methoxy groups -OCH3 is 1. The minimum Gasteiger partial charge on any atom is -0.492 e. The maximum Gasteiger partial charge on any atom is 0.277 e. The highest BCUT2D eigenvalue weighted by Gasteiger charge is 2.25. The zero-order valence-corrected chi connectivity index (χ0v) is 8.93. The fourth-order valence-corrected chi connectivity index (χ4v) is 1.50. The van der Waals surface area contributed by atoms with E-state index in [1.807, 2.05) is 6.92 Å². The van der Waals surface area contributed by atoms with Gasteiger partial charge in [0.05, 0.1) is 24.2 Å². The Kier molecular flexibility index (Phi) is 2.55. The number of ether oxygens (including phenoxy) is 3. The van der Waals surface area contributed by atoms with Gasteiger partial charge in [-0.15, -0.1) is 0 Å². The van der Waals surface area contributed by atoms with Crippen LogP contribution in [0.25, 0.3) is 0 Å². The molecule has 16 heavy (non-hydrogen) atoms. The predicted molar refractivity (Wildman–Crippen MR) is 55.2 cm³/mol. The lowest BCUT2D eigenvalue weighted by Gasteiger charge is -2.24. The highest BCUT2D eigenvalue weighted by atomic mass is 16.6. The fourth-order valence-electron chi connectivity index (χ4n) is 1.50. The molecule has 0 aromatic heterocycles. The van der Waals surface area contributed by atoms with E-state index in [0.717, 1.165) is 0 Å². The van der Waals surface area contributed by atoms with E-state index >= 15 is 0 Å². The second kappa shape index (κ2) is 3.88. The van der Waals surface area contributed by atoms with Crippen molar-refractivity contribution in [2.75, 3.05) is 13.7 Å². The minimum absolute atomic E-state index is 0.0756. The molecule has 0 bridgehead atoms. The number of benzene rings is 1. The van der Waals surface area contributed by atoms with Crippen LogP contribution < -0.4 is 14.2 Å². The quantitative estimate of drug-likeness (QED) is 0.566. The molecule has 1 heterocycles. The average molecular weight is 225 g/mol. The topological polar surface area (TPSA) is 70.8 Å². The summed E-state index contributed by atoms with van der Waals surface area (Å²) in [5.41, 5.74) is -0.0756. The van der Waals surface area contributed by atoms with Crippen LogP contribution in [0.2, 0.25) is 0 Å². The van der Waals surface area contributed by atoms with Crippen LogP contribution in [0.4, 0.5) is 5.69 Å². The van der Waals surface area contributed by atoms with E-state index in [0.29, 0.717) is 23.9 Å². The van der Waals surface area contributed by atoms with Gasteiger partial charge in [0.2, 0.25) is 5.75 Å². The molecule has 1 aromatic rings. The van der Waals surface area contributed by atoms with E-state index < -0.39 is 4.92 Å². The van der Waals surface area contributed by atoms with Gasteiger partial charge in [-0.1, -0.05) is 0 Å². The molecule has 0 N–H and O–H groups in total. The number of nitro benzene ring substituents is 1. The van der Waals surface area contributed by atoms with E-state index in [4.69, 9.17) is 14.2 Å². The van der Waals surface area contributed by atoms with Crippen molar-refractivity contribution in [1.29, 1.82) is 0 Å². The summed E-state index contributed by atoms with van der Waals surface area (Å²) in [6.45, 7) is 2.23. The Labute approximate surface area is 91.9 Å². The number of hydrogen-bond acceptors (Lipinski definition) is 5. The molecule has 0 radical (unpaired) electrons. The van der Waals surface area contributed by atoms with Gasteiger partial charge in [0.15, 0.2) is 11.5 Å². The molecular weight excluding hydrogens is 214 g/mol. The number of hydrogen-bond donors (Lipinski definition) is 0. The van der Waals surface area contributed by atoms with Crippen molar-refractivity contribution in [2.24, 2.45) is 0 Å². The molecule has 86 valence electrons. The first kappa shape index (κ1) is 10.5. The molecule has 1 unspecified atom stereocenters. The van der Waals surface area contributed by atoms with Gasteiger partial charge in [-0.05, 0) is 6.92 Å². The first-order valence-electron chi connectivity index (χ1n) is 4.77. The molecule has 0 amide bonds. The van der Waals surface area contributed by atoms with E-state index in [1.54, 1.807) is 0 Å². The highest BCUT2D eigenvalue weighted by Crippen LogP contribution is 2.43. The van der Waals surface area contributed by atoms with Crippen molar-refractivity contribution in [3.8, 4) is 17.2 Å². The Morgan fingerprint density at radius 3 is 2.94 bits per heavy atom. The highest BCUT2D eigenvalue weighted by molar-refractivity contribution is 5.58. The van der Waals surface area contributed by atoms with Crippen LogP contribution in [-0.4, -0.2) is 24.7 Å². The van der Waals surface area contributed by atoms with Gasteiger partial charge in [-0.2, -0.15) is 0 Å². The van der Waals surface area contributed by atoms with Gasteiger partial charge in [0.25, 0.3) is 5.69 Å². The SMILES string of the molecule is COc1cc([N+](=O)[O-])cc2c1OCC(C)O2. The molecule has 6 heteroatoms. The van der Waals surface area contributed by atoms with E-state index in [-0.39, 0.29) is 11.8 Å². The summed E-state index contributed by atoms with van der Waals surface area (Å²) >= 11 is 0. The lowest BCUT2D eigenvalue weighted by Crippen LogP contribution is -2.26. The average Bonchev–Trinajstić information content (AvgIpc) is 2.26. The fraction of sp³-hybridized carbons (Fsp3) is 0.400. The summed E-state index contributed by atoms with van der Waals surface area (Å²) in [7, 11) is 1.43. The summed E-state index contributed by atoms with van der Waals surface area (Å²) < 4.78 is 15.9. The molecule has 0 aliphatic carbocycles. The van der Waals surface area contributed by atoms with Crippen molar-refractivity contribution in [3.05, 3.63) is 22.2 Å². The zero-order valence-electron chi connectivity index (χ0n) is 8.93. The third kappa shape index (κ3) is 1.73. The van der Waals surface area contributed by atoms with Gasteiger partial charge in [0.1, 0.15) is 12.7 Å². The summed E-state index contributed by atoms with van der Waals surface area (Å²) in [6, 6.07) is 2.66. The smallest absolute Gasteiger partial charge is 0.277 e. The molecule has 0 spiro atoms. The monoisotopic (exact) mass is 225 g/mol. The third-order valence-electron chi connectivity index (χ3n) is 2.23. The van der Waals surface area contributed by atoms with E-state index in [1.165, 1.54) is 19.2 Å². The normalized spacial score (nSPS) is 18.0. The van der Waals surface area contributed by atoms with Crippen LogP contribution in [0.5, 0.6) is 17.2 Å². The molecule has 2 rings (SSSR count). The largest absolute Gasteiger partial charge is 0.492 e. The second-order valence-corrected chi connectivity index (χ2v) is 3.47. The van der Waals surface area contributed by atoms with Crippen LogP contribution in [0, 0.1) is 10.1 Å². The van der Waals surface area contributed by atoms with Crippen molar-refractivity contribution < 1.29 is 19.1 Å². The molecule has 6 nitrogen and oxygen atoms in total. The number of fused-ring (bicyclic) bond motifs is 1.